The van der Waals surface area contributed by atoms with E-state index in [9.17, 15) is 0 Å². The summed E-state index contributed by atoms with van der Waals surface area (Å²) in [5.41, 5.74) is 3.54. The maximum Gasteiger partial charge on any atom is 0.140 e. The van der Waals surface area contributed by atoms with Gasteiger partial charge in [-0.3, -0.25) is 0 Å². The quantitative estimate of drug-likeness (QED) is 0.910. The van der Waals surface area contributed by atoms with Gasteiger partial charge in [-0.25, -0.2) is 4.98 Å². The molecule has 0 unspecified atom stereocenters. The summed E-state index contributed by atoms with van der Waals surface area (Å²) in [5.74, 6) is 0.464. The van der Waals surface area contributed by atoms with Crippen LogP contribution in [-0.2, 0) is 18.3 Å². The molecular formula is C16H23N3O. The van der Waals surface area contributed by atoms with E-state index in [1.165, 1.54) is 17.4 Å². The number of nitrogens with one attached hydrogen (secondary N) is 1. The van der Waals surface area contributed by atoms with Crippen LogP contribution in [0.4, 0.5) is 0 Å². The summed E-state index contributed by atoms with van der Waals surface area (Å²) in [6.07, 6.45) is 3.77. The Morgan fingerprint density at radius 3 is 2.90 bits per heavy atom. The third-order valence-electron chi connectivity index (χ3n) is 4.00. The number of hydrogen-bond acceptors (Lipinski definition) is 3. The average molecular weight is 273 g/mol. The van der Waals surface area contributed by atoms with Gasteiger partial charge in [-0.05, 0) is 30.0 Å². The minimum Gasteiger partial charge on any atom is -0.377 e. The van der Waals surface area contributed by atoms with Crippen LogP contribution in [0.1, 0.15) is 37.4 Å². The molecule has 4 heteroatoms. The fourth-order valence-corrected chi connectivity index (χ4v) is 2.62. The minimum absolute atomic E-state index is 0.413. The maximum absolute atomic E-state index is 5.42. The van der Waals surface area contributed by atoms with E-state index >= 15 is 0 Å². The zero-order valence-electron chi connectivity index (χ0n) is 12.5. The molecule has 3 rings (SSSR count). The third-order valence-corrected chi connectivity index (χ3v) is 4.00. The lowest BCUT2D eigenvalue weighted by molar-refractivity contribution is -0.0484. The van der Waals surface area contributed by atoms with Gasteiger partial charge >= 0.3 is 0 Å². The van der Waals surface area contributed by atoms with Crippen molar-refractivity contribution in [3.63, 3.8) is 0 Å². The van der Waals surface area contributed by atoms with Gasteiger partial charge in [-0.2, -0.15) is 0 Å². The number of aromatic nitrogens is 2. The molecule has 0 aromatic carbocycles. The summed E-state index contributed by atoms with van der Waals surface area (Å²) in [6, 6.07) is 4.35. The zero-order valence-corrected chi connectivity index (χ0v) is 12.5. The Bertz CT molecular complexity index is 599. The van der Waals surface area contributed by atoms with E-state index in [4.69, 9.17) is 9.72 Å². The normalized spacial score (nSPS) is 18.7. The Kier molecular flexibility index (Phi) is 3.76. The minimum atomic E-state index is 0.413. The molecule has 2 aromatic rings. The molecule has 1 aliphatic rings. The Balaban J connectivity index is 1.77. The summed E-state index contributed by atoms with van der Waals surface area (Å²) in [7, 11) is 2.07. The van der Waals surface area contributed by atoms with E-state index in [0.717, 1.165) is 31.0 Å². The van der Waals surface area contributed by atoms with Crippen LogP contribution in [0.15, 0.2) is 18.3 Å². The highest BCUT2D eigenvalue weighted by atomic mass is 16.5. The van der Waals surface area contributed by atoms with E-state index in [-0.39, 0.29) is 0 Å². The Morgan fingerprint density at radius 2 is 2.25 bits per heavy atom. The van der Waals surface area contributed by atoms with Crippen LogP contribution in [0.2, 0.25) is 0 Å². The van der Waals surface area contributed by atoms with Gasteiger partial charge in [-0.15, -0.1) is 0 Å². The molecule has 1 aliphatic heterocycles. The zero-order chi connectivity index (χ0) is 14.1. The first-order valence-electron chi connectivity index (χ1n) is 7.42. The summed E-state index contributed by atoms with van der Waals surface area (Å²) in [4.78, 5) is 4.78. The number of nitrogens with zero attached hydrogens (tertiary/aromatic N) is 2. The van der Waals surface area contributed by atoms with E-state index < -0.39 is 0 Å². The second-order valence-electron chi connectivity index (χ2n) is 5.94. The Labute approximate surface area is 120 Å². The largest absolute Gasteiger partial charge is 0.377 e. The number of fused-ring (bicyclic) bond motifs is 1. The SMILES string of the molecule is CC(C)c1ccc2c(CNC[C@@H]3CCO3)cn(C)c2n1. The summed E-state index contributed by atoms with van der Waals surface area (Å²) < 4.78 is 7.55. The molecule has 1 atom stereocenters. The third kappa shape index (κ3) is 2.58. The number of pyridine rings is 1. The molecule has 1 N–H and O–H groups in total. The van der Waals surface area contributed by atoms with Gasteiger partial charge in [0.05, 0.1) is 6.10 Å². The first kappa shape index (κ1) is 13.6. The molecular weight excluding hydrogens is 250 g/mol. The lowest BCUT2D eigenvalue weighted by Crippen LogP contribution is -2.36. The van der Waals surface area contributed by atoms with Crippen molar-refractivity contribution in [3.05, 3.63) is 29.6 Å². The number of ether oxygens (including phenoxy) is 1. The second-order valence-corrected chi connectivity index (χ2v) is 5.94. The van der Waals surface area contributed by atoms with Crippen LogP contribution in [0.25, 0.3) is 11.0 Å². The molecule has 0 aliphatic carbocycles. The van der Waals surface area contributed by atoms with Crippen molar-refractivity contribution in [2.24, 2.45) is 7.05 Å². The first-order chi connectivity index (χ1) is 9.65. The van der Waals surface area contributed by atoms with Crippen LogP contribution in [0.3, 0.4) is 0 Å². The molecule has 0 amide bonds. The highest BCUT2D eigenvalue weighted by molar-refractivity contribution is 5.80. The van der Waals surface area contributed by atoms with Crippen LogP contribution in [-0.4, -0.2) is 28.8 Å². The summed E-state index contributed by atoms with van der Waals surface area (Å²) >= 11 is 0. The molecule has 0 radical (unpaired) electrons. The summed E-state index contributed by atoms with van der Waals surface area (Å²) in [5, 5.41) is 4.73. The molecule has 0 saturated carbocycles. The standard InChI is InChI=1S/C16H23N3O/c1-11(2)15-5-4-14-12(10-19(3)16(14)18-15)8-17-9-13-6-7-20-13/h4-5,10-11,13,17H,6-9H2,1-3H3/t13-/m0/s1. The van der Waals surface area contributed by atoms with Crippen molar-refractivity contribution in [2.45, 2.75) is 38.8 Å². The van der Waals surface area contributed by atoms with Crippen molar-refractivity contribution < 1.29 is 4.74 Å². The number of aryl methyl sites for hydroxylation is 1. The van der Waals surface area contributed by atoms with Gasteiger partial charge in [0, 0.05) is 44.0 Å². The van der Waals surface area contributed by atoms with Crippen LogP contribution >= 0.6 is 0 Å². The molecule has 20 heavy (non-hydrogen) atoms. The molecule has 3 heterocycles. The monoisotopic (exact) mass is 273 g/mol. The molecule has 2 aromatic heterocycles. The Morgan fingerprint density at radius 1 is 1.45 bits per heavy atom. The van der Waals surface area contributed by atoms with E-state index in [0.29, 0.717) is 12.0 Å². The van der Waals surface area contributed by atoms with Crippen LogP contribution in [0, 0.1) is 0 Å². The molecule has 1 fully saturated rings. The molecule has 0 bridgehead atoms. The Hall–Kier alpha value is -1.39. The van der Waals surface area contributed by atoms with E-state index in [1.807, 2.05) is 0 Å². The average Bonchev–Trinajstić information content (AvgIpc) is 2.69. The van der Waals surface area contributed by atoms with Crippen LogP contribution in [0.5, 0.6) is 0 Å². The highest BCUT2D eigenvalue weighted by Gasteiger charge is 2.17. The summed E-state index contributed by atoms with van der Waals surface area (Å²) in [6.45, 7) is 7.09. The van der Waals surface area contributed by atoms with Gasteiger partial charge < -0.3 is 14.6 Å². The van der Waals surface area contributed by atoms with Gasteiger partial charge in [0.2, 0.25) is 0 Å². The van der Waals surface area contributed by atoms with E-state index in [1.54, 1.807) is 0 Å². The fraction of sp³-hybridized carbons (Fsp3) is 0.562. The van der Waals surface area contributed by atoms with Crippen LogP contribution < -0.4 is 5.32 Å². The van der Waals surface area contributed by atoms with Gasteiger partial charge in [0.15, 0.2) is 0 Å². The first-order valence-corrected chi connectivity index (χ1v) is 7.42. The number of hydrogen-bond donors (Lipinski definition) is 1. The smallest absolute Gasteiger partial charge is 0.140 e. The molecule has 4 nitrogen and oxygen atoms in total. The predicted molar refractivity (Wildman–Crippen MR) is 80.9 cm³/mol. The van der Waals surface area contributed by atoms with Crippen molar-refractivity contribution >= 4 is 11.0 Å². The lowest BCUT2D eigenvalue weighted by Gasteiger charge is -2.26. The van der Waals surface area contributed by atoms with Crippen molar-refractivity contribution in [1.29, 1.82) is 0 Å². The molecule has 1 saturated heterocycles. The lowest BCUT2D eigenvalue weighted by atomic mass is 10.1. The predicted octanol–water partition coefficient (Wildman–Crippen LogP) is 2.58. The highest BCUT2D eigenvalue weighted by Crippen LogP contribution is 2.22. The van der Waals surface area contributed by atoms with Gasteiger partial charge in [0.25, 0.3) is 0 Å². The van der Waals surface area contributed by atoms with Gasteiger partial charge in [0.1, 0.15) is 5.65 Å². The van der Waals surface area contributed by atoms with Gasteiger partial charge in [-0.1, -0.05) is 13.8 Å². The number of rotatable bonds is 5. The fourth-order valence-electron chi connectivity index (χ4n) is 2.62. The maximum atomic E-state index is 5.42. The molecule has 0 spiro atoms. The topological polar surface area (TPSA) is 39.1 Å². The second kappa shape index (κ2) is 5.54. The molecule has 108 valence electrons. The van der Waals surface area contributed by atoms with Crippen molar-refractivity contribution in [2.75, 3.05) is 13.2 Å². The van der Waals surface area contributed by atoms with Crippen molar-refractivity contribution in [1.82, 2.24) is 14.9 Å². The van der Waals surface area contributed by atoms with Crippen molar-refractivity contribution in [3.8, 4) is 0 Å². The van der Waals surface area contributed by atoms with E-state index in [2.05, 4.69) is 49.1 Å².